The van der Waals surface area contributed by atoms with Crippen molar-refractivity contribution >= 4 is 11.9 Å². The zero-order chi connectivity index (χ0) is 23.8. The molecule has 4 rings (SSSR count). The monoisotopic (exact) mass is 461 g/mol. The number of phenols is 1. The average Bonchev–Trinajstić information content (AvgIpc) is 2.83. The molecule has 2 aromatic carbocycles. The number of nitrogens with one attached hydrogen (secondary N) is 2. The van der Waals surface area contributed by atoms with E-state index in [1.807, 2.05) is 24.3 Å². The van der Waals surface area contributed by atoms with Crippen LogP contribution in [0.3, 0.4) is 0 Å². The van der Waals surface area contributed by atoms with Crippen LogP contribution in [0.2, 0.25) is 0 Å². The van der Waals surface area contributed by atoms with Crippen LogP contribution in [-0.4, -0.2) is 63.3 Å². The molecule has 1 aliphatic rings. The summed E-state index contributed by atoms with van der Waals surface area (Å²) >= 11 is 0. The van der Waals surface area contributed by atoms with E-state index in [1.165, 1.54) is 5.56 Å². The number of piperazine rings is 1. The number of aromatic hydroxyl groups is 1. The molecule has 1 atom stereocenters. The molecule has 0 aliphatic carbocycles. The number of anilines is 1. The summed E-state index contributed by atoms with van der Waals surface area (Å²) in [5.41, 5.74) is 4.15. The van der Waals surface area contributed by atoms with E-state index >= 15 is 0 Å². The maximum absolute atomic E-state index is 10.9. The van der Waals surface area contributed by atoms with Crippen LogP contribution in [0.15, 0.2) is 60.8 Å². The van der Waals surface area contributed by atoms with Gasteiger partial charge in [0, 0.05) is 56.9 Å². The summed E-state index contributed by atoms with van der Waals surface area (Å²) in [5, 5.41) is 25.2. The molecule has 1 aromatic heterocycles. The summed E-state index contributed by atoms with van der Waals surface area (Å²) < 4.78 is 0. The first-order valence-electron chi connectivity index (χ1n) is 11.7. The number of carbonyl (C=O) groups is 1. The van der Waals surface area contributed by atoms with E-state index < -0.39 is 5.97 Å². The molecule has 2 heterocycles. The lowest BCUT2D eigenvalue weighted by atomic mass is 10.1. The Kier molecular flexibility index (Phi) is 8.06. The SMILES string of the molecule is O=C(O)CCC1CN(Cc2cccc(-c3ccnc(NCCc4cccc(O)c4)n3)c2)CCN1. The van der Waals surface area contributed by atoms with Crippen molar-refractivity contribution in [1.82, 2.24) is 20.2 Å². The number of hydrogen-bond donors (Lipinski definition) is 4. The Balaban J connectivity index is 1.35. The van der Waals surface area contributed by atoms with Crippen molar-refractivity contribution in [2.45, 2.75) is 31.8 Å². The third kappa shape index (κ3) is 7.00. The molecule has 0 spiro atoms. The van der Waals surface area contributed by atoms with E-state index in [4.69, 9.17) is 5.11 Å². The number of hydrogen-bond acceptors (Lipinski definition) is 7. The minimum atomic E-state index is -0.746. The predicted octanol–water partition coefficient (Wildman–Crippen LogP) is 3.14. The van der Waals surface area contributed by atoms with Gasteiger partial charge < -0.3 is 20.8 Å². The normalized spacial score (nSPS) is 16.3. The van der Waals surface area contributed by atoms with Gasteiger partial charge in [0.05, 0.1) is 5.69 Å². The first-order chi connectivity index (χ1) is 16.5. The van der Waals surface area contributed by atoms with Crippen LogP contribution >= 0.6 is 0 Å². The van der Waals surface area contributed by atoms with Crippen molar-refractivity contribution in [3.63, 3.8) is 0 Å². The highest BCUT2D eigenvalue weighted by Crippen LogP contribution is 2.21. The zero-order valence-corrected chi connectivity index (χ0v) is 19.2. The molecule has 3 aromatic rings. The van der Waals surface area contributed by atoms with Gasteiger partial charge in [-0.2, -0.15) is 0 Å². The number of phenolic OH excluding ortho intramolecular Hbond substituents is 1. The summed E-state index contributed by atoms with van der Waals surface area (Å²) in [6.45, 7) is 4.14. The Labute approximate surface area is 199 Å². The number of benzene rings is 2. The topological polar surface area (TPSA) is 111 Å². The number of nitrogens with zero attached hydrogens (tertiary/aromatic N) is 3. The van der Waals surface area contributed by atoms with Crippen molar-refractivity contribution < 1.29 is 15.0 Å². The highest BCUT2D eigenvalue weighted by molar-refractivity contribution is 5.66. The van der Waals surface area contributed by atoms with Crippen LogP contribution < -0.4 is 10.6 Å². The van der Waals surface area contributed by atoms with Crippen molar-refractivity contribution in [2.24, 2.45) is 0 Å². The van der Waals surface area contributed by atoms with Gasteiger partial charge in [0.2, 0.25) is 5.95 Å². The van der Waals surface area contributed by atoms with Crippen molar-refractivity contribution in [3.8, 4) is 17.0 Å². The van der Waals surface area contributed by atoms with Crippen molar-refractivity contribution in [3.05, 3.63) is 71.9 Å². The van der Waals surface area contributed by atoms with E-state index in [1.54, 1.807) is 18.3 Å². The molecule has 4 N–H and O–H groups in total. The van der Waals surface area contributed by atoms with Gasteiger partial charge in [-0.05, 0) is 48.2 Å². The number of aliphatic carboxylic acids is 1. The molecule has 0 amide bonds. The fraction of sp³-hybridized carbons (Fsp3) is 0.346. The molecule has 8 heteroatoms. The lowest BCUT2D eigenvalue weighted by molar-refractivity contribution is -0.137. The molecule has 34 heavy (non-hydrogen) atoms. The summed E-state index contributed by atoms with van der Waals surface area (Å²) in [6.07, 6.45) is 3.36. The maximum atomic E-state index is 10.9. The van der Waals surface area contributed by atoms with Gasteiger partial charge in [0.1, 0.15) is 5.75 Å². The number of rotatable bonds is 10. The maximum Gasteiger partial charge on any atom is 0.303 e. The van der Waals surface area contributed by atoms with Gasteiger partial charge in [-0.1, -0.05) is 30.3 Å². The lowest BCUT2D eigenvalue weighted by Gasteiger charge is -2.33. The fourth-order valence-corrected chi connectivity index (χ4v) is 4.25. The van der Waals surface area contributed by atoms with E-state index in [9.17, 15) is 9.90 Å². The molecule has 178 valence electrons. The molecule has 1 unspecified atom stereocenters. The quantitative estimate of drug-likeness (QED) is 0.365. The van der Waals surface area contributed by atoms with E-state index in [-0.39, 0.29) is 18.2 Å². The molecular formula is C26H31N5O3. The van der Waals surface area contributed by atoms with Gasteiger partial charge in [-0.25, -0.2) is 9.97 Å². The lowest BCUT2D eigenvalue weighted by Crippen LogP contribution is -2.50. The first kappa shape index (κ1) is 23.7. The van der Waals surface area contributed by atoms with Gasteiger partial charge in [-0.3, -0.25) is 9.69 Å². The fourth-order valence-electron chi connectivity index (χ4n) is 4.25. The molecule has 0 radical (unpaired) electrons. The highest BCUT2D eigenvalue weighted by atomic mass is 16.4. The smallest absolute Gasteiger partial charge is 0.303 e. The molecule has 1 fully saturated rings. The summed E-state index contributed by atoms with van der Waals surface area (Å²) in [4.78, 5) is 22.3. The average molecular weight is 462 g/mol. The van der Waals surface area contributed by atoms with Gasteiger partial charge in [0.25, 0.3) is 0 Å². The van der Waals surface area contributed by atoms with Crippen LogP contribution in [0.1, 0.15) is 24.0 Å². The molecular weight excluding hydrogens is 430 g/mol. The van der Waals surface area contributed by atoms with E-state index in [0.717, 1.165) is 49.4 Å². The zero-order valence-electron chi connectivity index (χ0n) is 19.2. The molecule has 8 nitrogen and oxygen atoms in total. The number of aromatic nitrogens is 2. The van der Waals surface area contributed by atoms with Crippen LogP contribution in [0.25, 0.3) is 11.3 Å². The minimum Gasteiger partial charge on any atom is -0.508 e. The molecule has 1 saturated heterocycles. The predicted molar refractivity (Wildman–Crippen MR) is 132 cm³/mol. The standard InChI is InChI=1S/C26H31N5O3/c32-23-6-2-3-19(16-23)9-11-28-26-29-12-10-24(30-26)21-5-1-4-20(15-21)17-31-14-13-27-22(18-31)7-8-25(33)34/h1-6,10,12,15-16,22,27,32H,7-9,11,13-14,17-18H2,(H,33,34)(H,28,29,30). The number of carboxylic acids is 1. The Morgan fingerprint density at radius 1 is 1.15 bits per heavy atom. The van der Waals surface area contributed by atoms with Gasteiger partial charge in [0.15, 0.2) is 0 Å². The molecule has 1 aliphatic heterocycles. The number of carboxylic acid groups (broad SMARTS) is 1. The second kappa shape index (κ2) is 11.6. The van der Waals surface area contributed by atoms with Crippen LogP contribution in [0, 0.1) is 0 Å². The Bertz CT molecular complexity index is 1110. The van der Waals surface area contributed by atoms with Gasteiger partial charge >= 0.3 is 5.97 Å². The summed E-state index contributed by atoms with van der Waals surface area (Å²) in [6, 6.07) is 17.7. The largest absolute Gasteiger partial charge is 0.508 e. The Hall–Kier alpha value is -3.49. The molecule has 0 saturated carbocycles. The first-order valence-corrected chi connectivity index (χ1v) is 11.7. The Morgan fingerprint density at radius 2 is 2.00 bits per heavy atom. The van der Waals surface area contributed by atoms with Gasteiger partial charge in [-0.15, -0.1) is 0 Å². The summed E-state index contributed by atoms with van der Waals surface area (Å²) in [5.74, 6) is 0.100. The van der Waals surface area contributed by atoms with Crippen molar-refractivity contribution in [2.75, 3.05) is 31.5 Å². The Morgan fingerprint density at radius 3 is 2.85 bits per heavy atom. The highest BCUT2D eigenvalue weighted by Gasteiger charge is 2.20. The molecule has 0 bridgehead atoms. The minimum absolute atomic E-state index is 0.193. The second-order valence-corrected chi connectivity index (χ2v) is 8.63. The van der Waals surface area contributed by atoms with Crippen LogP contribution in [0.5, 0.6) is 5.75 Å². The van der Waals surface area contributed by atoms with E-state index in [2.05, 4.69) is 43.7 Å². The van der Waals surface area contributed by atoms with Crippen molar-refractivity contribution in [1.29, 1.82) is 0 Å². The third-order valence-corrected chi connectivity index (χ3v) is 5.94. The van der Waals surface area contributed by atoms with Crippen LogP contribution in [0.4, 0.5) is 5.95 Å². The van der Waals surface area contributed by atoms with E-state index in [0.29, 0.717) is 18.9 Å². The summed E-state index contributed by atoms with van der Waals surface area (Å²) in [7, 11) is 0. The third-order valence-electron chi connectivity index (χ3n) is 5.94. The van der Waals surface area contributed by atoms with Crippen LogP contribution in [-0.2, 0) is 17.8 Å². The second-order valence-electron chi connectivity index (χ2n) is 8.63.